The quantitative estimate of drug-likeness (QED) is 0.741. The number of amides is 1. The van der Waals surface area contributed by atoms with Gasteiger partial charge in [0.2, 0.25) is 5.91 Å². The molecule has 0 fully saturated rings. The predicted octanol–water partition coefficient (Wildman–Crippen LogP) is 4.71. The molecule has 2 aromatic carbocycles. The molecule has 4 heteroatoms. The van der Waals surface area contributed by atoms with Crippen molar-refractivity contribution in [1.82, 2.24) is 4.90 Å². The Balaban J connectivity index is 1.45. The van der Waals surface area contributed by atoms with Crippen molar-refractivity contribution in [3.63, 3.8) is 0 Å². The number of hydrogen-bond acceptors (Lipinski definition) is 3. The molecule has 2 aliphatic heterocycles. The molecule has 0 radical (unpaired) electrons. The summed E-state index contributed by atoms with van der Waals surface area (Å²) in [5, 5.41) is 0. The fourth-order valence-electron chi connectivity index (χ4n) is 4.84. The van der Waals surface area contributed by atoms with Gasteiger partial charge in [-0.1, -0.05) is 36.4 Å². The smallest absolute Gasteiger partial charge is 0.224 e. The molecular formula is C25H30N2O2. The van der Waals surface area contributed by atoms with Crippen LogP contribution in [0, 0.1) is 0 Å². The van der Waals surface area contributed by atoms with Crippen LogP contribution in [-0.2, 0) is 4.79 Å². The minimum absolute atomic E-state index is 0.111. The summed E-state index contributed by atoms with van der Waals surface area (Å²) in [6.07, 6.45) is 4.50. The summed E-state index contributed by atoms with van der Waals surface area (Å²) in [6.45, 7) is 6.95. The maximum atomic E-state index is 12.3. The number of ether oxygens (including phenoxy) is 1. The number of nitrogens with zero attached hydrogens (tertiary/aromatic N) is 2. The average Bonchev–Trinajstić information content (AvgIpc) is 3.03. The van der Waals surface area contributed by atoms with Crippen molar-refractivity contribution < 1.29 is 9.53 Å². The van der Waals surface area contributed by atoms with Gasteiger partial charge in [0, 0.05) is 37.7 Å². The first-order chi connectivity index (χ1) is 14.1. The van der Waals surface area contributed by atoms with Crippen molar-refractivity contribution in [3.8, 4) is 5.75 Å². The second-order valence-electron chi connectivity index (χ2n) is 8.10. The van der Waals surface area contributed by atoms with Crippen LogP contribution in [0.4, 0.5) is 5.69 Å². The molecule has 1 amide bonds. The lowest BCUT2D eigenvalue weighted by atomic mass is 9.91. The van der Waals surface area contributed by atoms with E-state index >= 15 is 0 Å². The Morgan fingerprint density at radius 1 is 1.17 bits per heavy atom. The Kier molecular flexibility index (Phi) is 5.72. The van der Waals surface area contributed by atoms with Gasteiger partial charge in [0.1, 0.15) is 5.75 Å². The Hall–Kier alpha value is -2.59. The molecule has 2 unspecified atom stereocenters. The van der Waals surface area contributed by atoms with E-state index in [0.29, 0.717) is 5.92 Å². The average molecular weight is 391 g/mol. The van der Waals surface area contributed by atoms with Crippen molar-refractivity contribution >= 4 is 17.2 Å². The van der Waals surface area contributed by atoms with Crippen LogP contribution in [-0.4, -0.2) is 43.6 Å². The number of fused-ring (bicyclic) bond motifs is 1. The highest BCUT2D eigenvalue weighted by Crippen LogP contribution is 2.44. The topological polar surface area (TPSA) is 32.8 Å². The second kappa shape index (κ2) is 8.42. The number of benzene rings is 2. The van der Waals surface area contributed by atoms with Gasteiger partial charge in [0.25, 0.3) is 0 Å². The molecule has 0 spiro atoms. The fraction of sp³-hybridized carbons (Fsp3) is 0.400. The molecule has 0 saturated carbocycles. The lowest BCUT2D eigenvalue weighted by Crippen LogP contribution is -2.37. The fourth-order valence-corrected chi connectivity index (χ4v) is 4.84. The van der Waals surface area contributed by atoms with E-state index in [1.807, 2.05) is 17.0 Å². The van der Waals surface area contributed by atoms with Gasteiger partial charge in [0.15, 0.2) is 0 Å². The molecule has 0 aliphatic carbocycles. The minimum Gasteiger partial charge on any atom is -0.497 e. The van der Waals surface area contributed by atoms with Crippen LogP contribution < -0.4 is 9.64 Å². The summed E-state index contributed by atoms with van der Waals surface area (Å²) in [7, 11) is 1.70. The summed E-state index contributed by atoms with van der Waals surface area (Å²) >= 11 is 0. The number of hydrogen-bond donors (Lipinski definition) is 0. The van der Waals surface area contributed by atoms with E-state index in [4.69, 9.17) is 4.74 Å². The number of carbonyl (C=O) groups is 1. The summed E-state index contributed by atoms with van der Waals surface area (Å²) in [6, 6.07) is 16.9. The third-order valence-corrected chi connectivity index (χ3v) is 6.42. The van der Waals surface area contributed by atoms with Crippen molar-refractivity contribution in [1.29, 1.82) is 0 Å². The zero-order valence-corrected chi connectivity index (χ0v) is 17.6. The Morgan fingerprint density at radius 2 is 1.97 bits per heavy atom. The van der Waals surface area contributed by atoms with Gasteiger partial charge in [-0.15, -0.1) is 0 Å². The van der Waals surface area contributed by atoms with E-state index in [-0.39, 0.29) is 11.9 Å². The van der Waals surface area contributed by atoms with E-state index in [0.717, 1.165) is 43.9 Å². The Morgan fingerprint density at radius 3 is 2.62 bits per heavy atom. The van der Waals surface area contributed by atoms with Gasteiger partial charge in [0.05, 0.1) is 7.11 Å². The molecule has 2 heterocycles. The molecule has 4 nitrogen and oxygen atoms in total. The molecule has 29 heavy (non-hydrogen) atoms. The molecular weight excluding hydrogens is 360 g/mol. The Labute approximate surface area is 173 Å². The largest absolute Gasteiger partial charge is 0.497 e. The van der Waals surface area contributed by atoms with Crippen molar-refractivity contribution in [2.24, 2.45) is 0 Å². The number of anilines is 1. The molecule has 2 atom stereocenters. The highest BCUT2D eigenvalue weighted by Gasteiger charge is 2.37. The van der Waals surface area contributed by atoms with Crippen LogP contribution >= 0.6 is 0 Å². The highest BCUT2D eigenvalue weighted by molar-refractivity contribution is 5.95. The predicted molar refractivity (Wildman–Crippen MR) is 118 cm³/mol. The van der Waals surface area contributed by atoms with Crippen LogP contribution in [0.1, 0.15) is 43.7 Å². The second-order valence-corrected chi connectivity index (χ2v) is 8.10. The van der Waals surface area contributed by atoms with Crippen LogP contribution in [0.15, 0.2) is 54.6 Å². The van der Waals surface area contributed by atoms with Crippen LogP contribution in [0.2, 0.25) is 0 Å². The van der Waals surface area contributed by atoms with Crippen LogP contribution in [0.25, 0.3) is 5.57 Å². The van der Waals surface area contributed by atoms with Gasteiger partial charge in [-0.2, -0.15) is 0 Å². The molecule has 0 N–H and O–H groups in total. The van der Waals surface area contributed by atoms with Gasteiger partial charge < -0.3 is 9.64 Å². The first-order valence-corrected chi connectivity index (χ1v) is 10.5. The SMILES string of the molecule is COc1ccc2c(c1)C(CCN1CC=C(c3ccccc3)CC1)C(C)N2C(C)=O. The third-order valence-electron chi connectivity index (χ3n) is 6.42. The first kappa shape index (κ1) is 19.7. The number of rotatable bonds is 5. The normalized spacial score (nSPS) is 21.6. The van der Waals surface area contributed by atoms with Crippen molar-refractivity contribution in [2.75, 3.05) is 31.6 Å². The van der Waals surface area contributed by atoms with Gasteiger partial charge in [-0.25, -0.2) is 0 Å². The molecule has 0 bridgehead atoms. The van der Waals surface area contributed by atoms with E-state index in [1.165, 1.54) is 16.7 Å². The molecule has 0 saturated heterocycles. The van der Waals surface area contributed by atoms with Crippen LogP contribution in [0.3, 0.4) is 0 Å². The summed E-state index contributed by atoms with van der Waals surface area (Å²) in [4.78, 5) is 16.7. The first-order valence-electron chi connectivity index (χ1n) is 10.5. The standard InChI is InChI=1S/C25H30N2O2/c1-18-23(24-17-22(29-3)9-10-25(24)27(18)19(2)28)13-16-26-14-11-21(12-15-26)20-7-5-4-6-8-20/h4-11,17-18,23H,12-16H2,1-3H3. The lowest BCUT2D eigenvalue weighted by molar-refractivity contribution is -0.116. The van der Waals surface area contributed by atoms with Crippen molar-refractivity contribution in [3.05, 3.63) is 65.7 Å². The zero-order valence-electron chi connectivity index (χ0n) is 17.6. The number of carbonyl (C=O) groups excluding carboxylic acids is 1. The highest BCUT2D eigenvalue weighted by atomic mass is 16.5. The van der Waals surface area contributed by atoms with Crippen molar-refractivity contribution in [2.45, 2.75) is 38.6 Å². The lowest BCUT2D eigenvalue weighted by Gasteiger charge is -2.29. The minimum atomic E-state index is 0.111. The van der Waals surface area contributed by atoms with Gasteiger partial charge in [-0.3, -0.25) is 9.69 Å². The maximum absolute atomic E-state index is 12.3. The van der Waals surface area contributed by atoms with Gasteiger partial charge in [-0.05, 0) is 61.2 Å². The van der Waals surface area contributed by atoms with E-state index in [1.54, 1.807) is 14.0 Å². The molecule has 2 aromatic rings. The molecule has 0 aromatic heterocycles. The number of methoxy groups -OCH3 is 1. The molecule has 4 rings (SSSR count). The maximum Gasteiger partial charge on any atom is 0.224 e. The molecule has 2 aliphatic rings. The van der Waals surface area contributed by atoms with E-state index < -0.39 is 0 Å². The summed E-state index contributed by atoms with van der Waals surface area (Å²) in [5.41, 5.74) is 5.08. The van der Waals surface area contributed by atoms with E-state index in [2.05, 4.69) is 54.3 Å². The third kappa shape index (κ3) is 3.95. The Bertz CT molecular complexity index is 906. The summed E-state index contributed by atoms with van der Waals surface area (Å²) in [5.74, 6) is 1.31. The van der Waals surface area contributed by atoms with Gasteiger partial charge >= 0.3 is 0 Å². The monoisotopic (exact) mass is 390 g/mol. The summed E-state index contributed by atoms with van der Waals surface area (Å²) < 4.78 is 5.45. The zero-order chi connectivity index (χ0) is 20.4. The van der Waals surface area contributed by atoms with Crippen LogP contribution in [0.5, 0.6) is 5.75 Å². The van der Waals surface area contributed by atoms with E-state index in [9.17, 15) is 4.79 Å². The molecule has 152 valence electrons.